The van der Waals surface area contributed by atoms with E-state index < -0.39 is 12.1 Å². The highest BCUT2D eigenvalue weighted by molar-refractivity contribution is 7.80. The van der Waals surface area contributed by atoms with Crippen LogP contribution in [0.15, 0.2) is 24.3 Å². The van der Waals surface area contributed by atoms with Crippen molar-refractivity contribution in [2.24, 2.45) is 0 Å². The zero-order valence-electron chi connectivity index (χ0n) is 11.2. The molecule has 0 spiro atoms. The topological polar surface area (TPSA) is 50.8 Å². The predicted molar refractivity (Wildman–Crippen MR) is 79.0 cm³/mol. The maximum absolute atomic E-state index is 11.7. The molecule has 3 rings (SSSR count). The summed E-state index contributed by atoms with van der Waals surface area (Å²) in [4.78, 5) is 13.7. The second-order valence-electron chi connectivity index (χ2n) is 4.93. The van der Waals surface area contributed by atoms with Gasteiger partial charge in [0.2, 0.25) is 6.10 Å². The molecule has 0 bridgehead atoms. The summed E-state index contributed by atoms with van der Waals surface area (Å²) in [7, 11) is 1.36. The van der Waals surface area contributed by atoms with Crippen molar-refractivity contribution >= 4 is 29.0 Å². The Kier molecular flexibility index (Phi) is 3.48. The molecular formula is C14H16N2O3S. The van der Waals surface area contributed by atoms with Crippen LogP contribution in [0, 0.1) is 0 Å². The fourth-order valence-corrected chi connectivity index (χ4v) is 2.50. The highest BCUT2D eigenvalue weighted by Gasteiger charge is 2.34. The number of esters is 1. The first-order chi connectivity index (χ1) is 9.69. The van der Waals surface area contributed by atoms with Crippen LogP contribution < -0.4 is 15.0 Å². The Labute approximate surface area is 122 Å². The number of carbonyl (C=O) groups is 1. The van der Waals surface area contributed by atoms with E-state index in [0.717, 1.165) is 18.5 Å². The Morgan fingerprint density at radius 1 is 1.45 bits per heavy atom. The Balaban J connectivity index is 1.86. The number of carbonyl (C=O) groups excluding carboxylic acids is 1. The molecule has 0 radical (unpaired) electrons. The summed E-state index contributed by atoms with van der Waals surface area (Å²) in [6.07, 6.45) is 1.63. The van der Waals surface area contributed by atoms with E-state index in [1.165, 1.54) is 7.11 Å². The molecule has 6 heteroatoms. The second-order valence-corrected chi connectivity index (χ2v) is 5.32. The van der Waals surface area contributed by atoms with E-state index in [1.807, 2.05) is 29.2 Å². The van der Waals surface area contributed by atoms with Crippen LogP contribution in [0.5, 0.6) is 5.75 Å². The molecule has 0 amide bonds. The van der Waals surface area contributed by atoms with E-state index in [4.69, 9.17) is 21.7 Å². The Bertz CT molecular complexity index is 545. The molecular weight excluding hydrogens is 276 g/mol. The average molecular weight is 292 g/mol. The number of rotatable bonds is 2. The van der Waals surface area contributed by atoms with Crippen molar-refractivity contribution in [1.29, 1.82) is 0 Å². The van der Waals surface area contributed by atoms with Gasteiger partial charge in [0.1, 0.15) is 5.75 Å². The van der Waals surface area contributed by atoms with Crippen LogP contribution in [0.3, 0.4) is 0 Å². The van der Waals surface area contributed by atoms with Crippen molar-refractivity contribution in [3.8, 4) is 5.75 Å². The minimum absolute atomic E-state index is 0.363. The average Bonchev–Trinajstić information content (AvgIpc) is 3.29. The minimum Gasteiger partial charge on any atom is -0.475 e. The van der Waals surface area contributed by atoms with E-state index in [-0.39, 0.29) is 0 Å². The molecule has 106 valence electrons. The van der Waals surface area contributed by atoms with Gasteiger partial charge in [0.25, 0.3) is 0 Å². The van der Waals surface area contributed by atoms with E-state index in [1.54, 1.807) is 0 Å². The van der Waals surface area contributed by atoms with Gasteiger partial charge in [-0.3, -0.25) is 0 Å². The summed E-state index contributed by atoms with van der Waals surface area (Å²) in [5.41, 5.74) is 0.880. The number of thiocarbonyl (C=S) groups is 1. The highest BCUT2D eigenvalue weighted by atomic mass is 32.1. The lowest BCUT2D eigenvalue weighted by atomic mass is 10.2. The fourth-order valence-electron chi connectivity index (χ4n) is 2.16. The summed E-state index contributed by atoms with van der Waals surface area (Å²) in [5.74, 6) is 0.257. The lowest BCUT2D eigenvalue weighted by Crippen LogP contribution is -2.51. The molecule has 1 aromatic carbocycles. The van der Waals surface area contributed by atoms with Crippen LogP contribution in [0.4, 0.5) is 5.69 Å². The number of anilines is 1. The van der Waals surface area contributed by atoms with Crippen LogP contribution in [0.1, 0.15) is 12.8 Å². The molecule has 1 saturated carbocycles. The van der Waals surface area contributed by atoms with Gasteiger partial charge < -0.3 is 19.7 Å². The van der Waals surface area contributed by atoms with Gasteiger partial charge in [-0.05, 0) is 37.2 Å². The number of fused-ring (bicyclic) bond motifs is 1. The number of methoxy groups -OCH3 is 1. The molecule has 1 aliphatic heterocycles. The third kappa shape index (κ3) is 2.56. The first kappa shape index (κ1) is 13.2. The van der Waals surface area contributed by atoms with Gasteiger partial charge in [0.05, 0.1) is 19.3 Å². The molecule has 1 heterocycles. The zero-order chi connectivity index (χ0) is 14.1. The van der Waals surface area contributed by atoms with Gasteiger partial charge in [-0.25, -0.2) is 4.79 Å². The number of para-hydroxylation sites is 2. The third-order valence-corrected chi connectivity index (χ3v) is 3.73. The van der Waals surface area contributed by atoms with Gasteiger partial charge in [-0.1, -0.05) is 12.1 Å². The number of ether oxygens (including phenoxy) is 2. The predicted octanol–water partition coefficient (Wildman–Crippen LogP) is 1.46. The third-order valence-electron chi connectivity index (χ3n) is 3.39. The van der Waals surface area contributed by atoms with Crippen molar-refractivity contribution < 1.29 is 14.3 Å². The molecule has 0 unspecified atom stereocenters. The number of nitrogens with one attached hydrogen (secondary N) is 1. The van der Waals surface area contributed by atoms with Crippen molar-refractivity contribution in [2.45, 2.75) is 25.0 Å². The number of hydrogen-bond donors (Lipinski definition) is 1. The van der Waals surface area contributed by atoms with Crippen LogP contribution in [-0.4, -0.2) is 36.9 Å². The monoisotopic (exact) mass is 292 g/mol. The van der Waals surface area contributed by atoms with Gasteiger partial charge in [0, 0.05) is 6.04 Å². The molecule has 20 heavy (non-hydrogen) atoms. The second kappa shape index (κ2) is 5.28. The van der Waals surface area contributed by atoms with E-state index in [2.05, 4.69) is 5.32 Å². The lowest BCUT2D eigenvalue weighted by Gasteiger charge is -2.35. The van der Waals surface area contributed by atoms with Crippen LogP contribution in [0.25, 0.3) is 0 Å². The van der Waals surface area contributed by atoms with Crippen LogP contribution >= 0.6 is 12.2 Å². The van der Waals surface area contributed by atoms with E-state index >= 15 is 0 Å². The smallest absolute Gasteiger partial charge is 0.348 e. The van der Waals surface area contributed by atoms with Gasteiger partial charge in [-0.2, -0.15) is 0 Å². The molecule has 1 aromatic rings. The van der Waals surface area contributed by atoms with Gasteiger partial charge in [0.15, 0.2) is 5.11 Å². The largest absolute Gasteiger partial charge is 0.475 e. The van der Waals surface area contributed by atoms with Crippen molar-refractivity contribution in [1.82, 2.24) is 5.32 Å². The number of hydrogen-bond acceptors (Lipinski definition) is 4. The standard InChI is InChI=1S/C14H16N2O3S/c1-18-13(17)12-8-16(14(20)15-9-6-7-9)10-4-2-3-5-11(10)19-12/h2-5,9,12H,6-8H2,1H3,(H,15,20)/t12-/m1/s1. The maximum atomic E-state index is 11.7. The molecule has 1 fully saturated rings. The number of benzene rings is 1. The first-order valence-corrected chi connectivity index (χ1v) is 7.01. The van der Waals surface area contributed by atoms with Crippen molar-refractivity contribution in [3.05, 3.63) is 24.3 Å². The minimum atomic E-state index is -0.658. The molecule has 5 nitrogen and oxygen atoms in total. The number of nitrogens with zero attached hydrogens (tertiary/aromatic N) is 1. The highest BCUT2D eigenvalue weighted by Crippen LogP contribution is 2.33. The summed E-state index contributed by atoms with van der Waals surface area (Å²) < 4.78 is 10.5. The quantitative estimate of drug-likeness (QED) is 0.658. The van der Waals surface area contributed by atoms with Crippen molar-refractivity contribution in [2.75, 3.05) is 18.6 Å². The first-order valence-electron chi connectivity index (χ1n) is 6.60. The molecule has 1 N–H and O–H groups in total. The molecule has 0 aromatic heterocycles. The molecule has 1 atom stereocenters. The maximum Gasteiger partial charge on any atom is 0.348 e. The van der Waals surface area contributed by atoms with E-state index in [0.29, 0.717) is 23.4 Å². The Morgan fingerprint density at radius 3 is 2.90 bits per heavy atom. The Hall–Kier alpha value is -1.82. The normalized spacial score (nSPS) is 20.6. The SMILES string of the molecule is COC(=O)[C@H]1CN(C(=S)NC2CC2)c2ccccc2O1. The Morgan fingerprint density at radius 2 is 2.20 bits per heavy atom. The summed E-state index contributed by atoms with van der Waals surface area (Å²) >= 11 is 5.45. The summed E-state index contributed by atoms with van der Waals surface area (Å²) in [5, 5.41) is 3.93. The molecule has 2 aliphatic rings. The summed E-state index contributed by atoms with van der Waals surface area (Å²) in [6.45, 7) is 0.363. The van der Waals surface area contributed by atoms with Crippen LogP contribution in [0.2, 0.25) is 0 Å². The zero-order valence-corrected chi connectivity index (χ0v) is 12.0. The van der Waals surface area contributed by atoms with Gasteiger partial charge >= 0.3 is 5.97 Å². The molecule has 1 aliphatic carbocycles. The lowest BCUT2D eigenvalue weighted by molar-refractivity contribution is -0.148. The van der Waals surface area contributed by atoms with E-state index in [9.17, 15) is 4.79 Å². The van der Waals surface area contributed by atoms with Crippen LogP contribution in [-0.2, 0) is 9.53 Å². The fraction of sp³-hybridized carbons (Fsp3) is 0.429. The van der Waals surface area contributed by atoms with Crippen molar-refractivity contribution in [3.63, 3.8) is 0 Å². The summed E-state index contributed by atoms with van der Waals surface area (Å²) in [6, 6.07) is 8.02. The molecule has 0 saturated heterocycles. The van der Waals surface area contributed by atoms with Gasteiger partial charge in [-0.15, -0.1) is 0 Å².